The highest BCUT2D eigenvalue weighted by Crippen LogP contribution is 2.26. The van der Waals surface area contributed by atoms with E-state index in [4.69, 9.17) is 11.6 Å². The maximum Gasteiger partial charge on any atom is 0.241 e. The van der Waals surface area contributed by atoms with E-state index in [2.05, 4.69) is 36.6 Å². The highest BCUT2D eigenvalue weighted by atomic mass is 79.9. The Morgan fingerprint density at radius 3 is 2.43 bits per heavy atom. The molecule has 0 amide bonds. The molecule has 0 saturated heterocycles. The van der Waals surface area contributed by atoms with Gasteiger partial charge in [-0.15, -0.1) is 11.6 Å². The van der Waals surface area contributed by atoms with Crippen LogP contribution in [-0.2, 0) is 10.0 Å². The third kappa shape index (κ3) is 4.53. The first-order valence-corrected chi connectivity index (χ1v) is 9.54. The lowest BCUT2D eigenvalue weighted by Gasteiger charge is -2.13. The average Bonchev–Trinajstić information content (AvgIpc) is 2.48. The highest BCUT2D eigenvalue weighted by molar-refractivity contribution is 9.11. The van der Waals surface area contributed by atoms with Gasteiger partial charge in [-0.2, -0.15) is 0 Å². The van der Waals surface area contributed by atoms with E-state index in [9.17, 15) is 8.42 Å². The molecule has 3 nitrogen and oxygen atoms in total. The summed E-state index contributed by atoms with van der Waals surface area (Å²) in [6.45, 7) is 0.118. The fourth-order valence-electron chi connectivity index (χ4n) is 1.72. The highest BCUT2D eigenvalue weighted by Gasteiger charge is 2.19. The summed E-state index contributed by atoms with van der Waals surface area (Å²) in [6, 6.07) is 14.3. The van der Waals surface area contributed by atoms with Gasteiger partial charge in [0, 0.05) is 15.5 Å². The van der Waals surface area contributed by atoms with Crippen LogP contribution in [0.15, 0.2) is 62.4 Å². The van der Waals surface area contributed by atoms with Crippen molar-refractivity contribution in [2.75, 3.05) is 6.54 Å². The van der Waals surface area contributed by atoms with Crippen molar-refractivity contribution in [3.05, 3.63) is 63.0 Å². The zero-order chi connectivity index (χ0) is 15.5. The van der Waals surface area contributed by atoms with Gasteiger partial charge in [0.15, 0.2) is 0 Å². The fourth-order valence-corrected chi connectivity index (χ4v) is 4.58. The van der Waals surface area contributed by atoms with Crippen molar-refractivity contribution in [3.63, 3.8) is 0 Å². The summed E-state index contributed by atoms with van der Waals surface area (Å²) < 4.78 is 28.4. The second-order valence-electron chi connectivity index (χ2n) is 4.30. The quantitative estimate of drug-likeness (QED) is 0.679. The normalized spacial score (nSPS) is 13.1. The Labute approximate surface area is 146 Å². The SMILES string of the molecule is O=S(=O)(NCC(Cl)c1ccccc1)c1cc(Br)ccc1Br. The molecule has 2 aromatic rings. The number of hydrogen-bond acceptors (Lipinski definition) is 2. The predicted molar refractivity (Wildman–Crippen MR) is 92.1 cm³/mol. The van der Waals surface area contributed by atoms with Gasteiger partial charge in [0.25, 0.3) is 0 Å². The third-order valence-corrected chi connectivity index (χ3v) is 6.11. The van der Waals surface area contributed by atoms with Crippen molar-refractivity contribution >= 4 is 53.5 Å². The molecule has 0 saturated carbocycles. The van der Waals surface area contributed by atoms with Crippen molar-refractivity contribution in [3.8, 4) is 0 Å². The molecule has 0 aromatic heterocycles. The Bertz CT molecular complexity index is 723. The number of sulfonamides is 1. The molecule has 0 aliphatic carbocycles. The van der Waals surface area contributed by atoms with Crippen LogP contribution in [0.1, 0.15) is 10.9 Å². The Morgan fingerprint density at radius 2 is 1.76 bits per heavy atom. The van der Waals surface area contributed by atoms with E-state index in [1.54, 1.807) is 12.1 Å². The lowest BCUT2D eigenvalue weighted by molar-refractivity contribution is 0.580. The molecular formula is C14H12Br2ClNO2S. The van der Waals surface area contributed by atoms with E-state index in [1.165, 1.54) is 6.07 Å². The Balaban J connectivity index is 2.13. The van der Waals surface area contributed by atoms with Crippen LogP contribution in [0.4, 0.5) is 0 Å². The van der Waals surface area contributed by atoms with Gasteiger partial charge < -0.3 is 0 Å². The maximum atomic E-state index is 12.3. The van der Waals surface area contributed by atoms with Crippen molar-refractivity contribution in [2.24, 2.45) is 0 Å². The average molecular weight is 454 g/mol. The molecule has 0 heterocycles. The molecular weight excluding hydrogens is 441 g/mol. The van der Waals surface area contributed by atoms with Crippen molar-refractivity contribution in [1.29, 1.82) is 0 Å². The van der Waals surface area contributed by atoms with Gasteiger partial charge >= 0.3 is 0 Å². The minimum absolute atomic E-state index is 0.118. The first kappa shape index (κ1) is 17.0. The third-order valence-electron chi connectivity index (χ3n) is 2.80. The number of hydrogen-bond donors (Lipinski definition) is 1. The maximum absolute atomic E-state index is 12.3. The molecule has 0 radical (unpaired) electrons. The lowest BCUT2D eigenvalue weighted by Crippen LogP contribution is -2.27. The second kappa shape index (κ2) is 7.24. The van der Waals surface area contributed by atoms with Gasteiger partial charge in [-0.1, -0.05) is 46.3 Å². The molecule has 1 atom stereocenters. The number of halogens is 3. The molecule has 0 spiro atoms. The number of benzene rings is 2. The molecule has 1 unspecified atom stereocenters. The van der Waals surface area contributed by atoms with E-state index in [0.29, 0.717) is 8.95 Å². The first-order chi connectivity index (χ1) is 9.90. The molecule has 0 fully saturated rings. The summed E-state index contributed by atoms with van der Waals surface area (Å²) in [4.78, 5) is 0.175. The summed E-state index contributed by atoms with van der Waals surface area (Å²) in [6.07, 6.45) is 0. The summed E-state index contributed by atoms with van der Waals surface area (Å²) in [7, 11) is -3.63. The van der Waals surface area contributed by atoms with E-state index in [1.807, 2.05) is 30.3 Å². The summed E-state index contributed by atoms with van der Waals surface area (Å²) in [5.41, 5.74) is 0.871. The Kier molecular flexibility index (Phi) is 5.85. The molecule has 2 aromatic carbocycles. The van der Waals surface area contributed by atoms with Gasteiger partial charge in [-0.3, -0.25) is 0 Å². The number of alkyl halides is 1. The van der Waals surface area contributed by atoms with Crippen LogP contribution in [0.5, 0.6) is 0 Å². The van der Waals surface area contributed by atoms with Crippen molar-refractivity contribution < 1.29 is 8.42 Å². The van der Waals surface area contributed by atoms with E-state index in [-0.39, 0.29) is 11.4 Å². The van der Waals surface area contributed by atoms with E-state index >= 15 is 0 Å². The number of rotatable bonds is 5. The van der Waals surface area contributed by atoms with Crippen LogP contribution in [0.25, 0.3) is 0 Å². The van der Waals surface area contributed by atoms with Gasteiger partial charge in [-0.25, -0.2) is 13.1 Å². The Morgan fingerprint density at radius 1 is 1.10 bits per heavy atom. The molecule has 0 aliphatic rings. The minimum Gasteiger partial charge on any atom is -0.209 e. The molecule has 0 aliphatic heterocycles. The fraction of sp³-hybridized carbons (Fsp3) is 0.143. The standard InChI is InChI=1S/C14H12Br2ClNO2S/c15-11-6-7-12(16)14(8-11)21(19,20)18-9-13(17)10-4-2-1-3-5-10/h1-8,13,18H,9H2. The van der Waals surface area contributed by atoms with Crippen molar-refractivity contribution in [1.82, 2.24) is 4.72 Å². The molecule has 0 bridgehead atoms. The predicted octanol–water partition coefficient (Wildman–Crippen LogP) is 4.47. The first-order valence-electron chi connectivity index (χ1n) is 6.04. The monoisotopic (exact) mass is 451 g/mol. The van der Waals surface area contributed by atoms with Gasteiger partial charge in [-0.05, 0) is 39.7 Å². The van der Waals surface area contributed by atoms with E-state index in [0.717, 1.165) is 5.56 Å². The molecule has 2 rings (SSSR count). The van der Waals surface area contributed by atoms with Crippen LogP contribution in [-0.4, -0.2) is 15.0 Å². The molecule has 21 heavy (non-hydrogen) atoms. The largest absolute Gasteiger partial charge is 0.241 e. The lowest BCUT2D eigenvalue weighted by atomic mass is 10.1. The topological polar surface area (TPSA) is 46.2 Å². The molecule has 7 heteroatoms. The zero-order valence-corrected chi connectivity index (χ0v) is 15.5. The number of nitrogens with one attached hydrogen (secondary N) is 1. The van der Waals surface area contributed by atoms with Crippen molar-refractivity contribution in [2.45, 2.75) is 10.3 Å². The summed E-state index contributed by atoms with van der Waals surface area (Å²) in [5, 5.41) is -0.424. The summed E-state index contributed by atoms with van der Waals surface area (Å²) in [5.74, 6) is 0. The van der Waals surface area contributed by atoms with Gasteiger partial charge in [0.05, 0.1) is 10.3 Å². The smallest absolute Gasteiger partial charge is 0.209 e. The second-order valence-corrected chi connectivity index (χ2v) is 8.34. The van der Waals surface area contributed by atoms with Crippen LogP contribution >= 0.6 is 43.5 Å². The Hall–Kier alpha value is -0.400. The zero-order valence-electron chi connectivity index (χ0n) is 10.8. The van der Waals surface area contributed by atoms with Gasteiger partial charge in [0.2, 0.25) is 10.0 Å². The molecule has 1 N–H and O–H groups in total. The van der Waals surface area contributed by atoms with Crippen LogP contribution in [0.2, 0.25) is 0 Å². The minimum atomic E-state index is -3.63. The van der Waals surface area contributed by atoms with Gasteiger partial charge in [0.1, 0.15) is 0 Å². The van der Waals surface area contributed by atoms with Crippen LogP contribution in [0, 0.1) is 0 Å². The molecule has 112 valence electrons. The summed E-state index contributed by atoms with van der Waals surface area (Å²) >= 11 is 12.7. The van der Waals surface area contributed by atoms with Crippen LogP contribution in [0.3, 0.4) is 0 Å². The van der Waals surface area contributed by atoms with Crippen LogP contribution < -0.4 is 4.72 Å². The van der Waals surface area contributed by atoms with E-state index < -0.39 is 15.4 Å².